The molecule has 2 aromatic carbocycles. The molecule has 0 bridgehead atoms. The first-order valence-corrected chi connectivity index (χ1v) is 12.3. The van der Waals surface area contributed by atoms with Crippen molar-refractivity contribution in [2.24, 2.45) is 0 Å². The van der Waals surface area contributed by atoms with Gasteiger partial charge in [-0.3, -0.25) is 0 Å². The van der Waals surface area contributed by atoms with E-state index in [1.807, 2.05) is 44.2 Å². The van der Waals surface area contributed by atoms with Gasteiger partial charge in [0.2, 0.25) is 0 Å². The van der Waals surface area contributed by atoms with Crippen molar-refractivity contribution in [2.75, 3.05) is 13.1 Å². The normalized spacial score (nSPS) is 19.7. The first-order chi connectivity index (χ1) is 16.0. The Hall–Kier alpha value is -2.97. The van der Waals surface area contributed by atoms with Gasteiger partial charge in [-0.25, -0.2) is 4.79 Å². The number of benzene rings is 2. The smallest absolute Gasteiger partial charge is 0.317 e. The minimum Gasteiger partial charge on any atom is -0.491 e. The molecule has 5 rings (SSSR count). The number of hydrogen-bond acceptors (Lipinski definition) is 6. The lowest BCUT2D eigenvalue weighted by molar-refractivity contribution is 0.170. The van der Waals surface area contributed by atoms with Crippen molar-refractivity contribution in [1.29, 1.82) is 0 Å². The number of carbonyl (C=O) groups excluding carboxylic acids is 1. The van der Waals surface area contributed by atoms with E-state index in [-0.39, 0.29) is 18.2 Å². The average Bonchev–Trinajstić information content (AvgIpc) is 3.54. The quantitative estimate of drug-likeness (QED) is 0.584. The molecule has 0 spiro atoms. The zero-order valence-corrected chi connectivity index (χ0v) is 19.6. The van der Waals surface area contributed by atoms with Crippen LogP contribution >= 0.6 is 11.3 Å². The number of aliphatic hydroxyl groups is 1. The maximum Gasteiger partial charge on any atom is 0.317 e. The lowest BCUT2D eigenvalue weighted by Gasteiger charge is -2.21. The molecule has 1 aliphatic heterocycles. The van der Waals surface area contributed by atoms with Crippen molar-refractivity contribution in [3.63, 3.8) is 0 Å². The van der Waals surface area contributed by atoms with Crippen LogP contribution in [-0.4, -0.2) is 51.5 Å². The fourth-order valence-electron chi connectivity index (χ4n) is 4.57. The number of aliphatic hydroxyl groups excluding tert-OH is 1. The van der Waals surface area contributed by atoms with Gasteiger partial charge in [-0.2, -0.15) is 0 Å². The van der Waals surface area contributed by atoms with E-state index < -0.39 is 6.10 Å². The van der Waals surface area contributed by atoms with Gasteiger partial charge < -0.3 is 20.1 Å². The molecule has 0 saturated carbocycles. The number of aromatic nitrogens is 2. The number of urea groups is 1. The van der Waals surface area contributed by atoms with Crippen molar-refractivity contribution in [3.8, 4) is 26.9 Å². The third-order valence-electron chi connectivity index (χ3n) is 6.15. The van der Waals surface area contributed by atoms with Gasteiger partial charge in [0.05, 0.1) is 18.2 Å². The van der Waals surface area contributed by atoms with Crippen molar-refractivity contribution in [2.45, 2.75) is 51.4 Å². The van der Waals surface area contributed by atoms with Crippen molar-refractivity contribution >= 4 is 17.4 Å². The Morgan fingerprint density at radius 1 is 1.15 bits per heavy atom. The van der Waals surface area contributed by atoms with Crippen LogP contribution in [0.25, 0.3) is 21.1 Å². The van der Waals surface area contributed by atoms with Crippen molar-refractivity contribution < 1.29 is 14.6 Å². The second-order valence-corrected chi connectivity index (χ2v) is 9.88. The topological polar surface area (TPSA) is 87.6 Å². The van der Waals surface area contributed by atoms with Crippen LogP contribution in [0.5, 0.6) is 5.75 Å². The molecule has 2 heterocycles. The molecule has 1 aromatic heterocycles. The second-order valence-electron chi connectivity index (χ2n) is 8.91. The molecule has 1 fully saturated rings. The Morgan fingerprint density at radius 3 is 2.67 bits per heavy atom. The van der Waals surface area contributed by atoms with Crippen LogP contribution in [0.3, 0.4) is 0 Å². The molecule has 1 saturated heterocycles. The summed E-state index contributed by atoms with van der Waals surface area (Å²) in [5.41, 5.74) is 4.48. The summed E-state index contributed by atoms with van der Waals surface area (Å²) in [4.78, 5) is 14.3. The molecule has 33 heavy (non-hydrogen) atoms. The predicted molar refractivity (Wildman–Crippen MR) is 128 cm³/mol. The summed E-state index contributed by atoms with van der Waals surface area (Å²) in [5, 5.41) is 23.6. The zero-order valence-electron chi connectivity index (χ0n) is 18.8. The van der Waals surface area contributed by atoms with E-state index in [2.05, 4.69) is 27.6 Å². The standard InChI is InChI=1S/C25H28N4O3S/c1-15(2)32-18-8-6-16(7-9-18)23-27-28-24(33-23)21-5-3-4-20-19(21)10-11-22(20)26-25(31)29-13-12-17(30)14-29/h3-9,15,17,22,30H,10-14H2,1-2H3,(H,26,31)/t17-,22-/m0/s1. The fraction of sp³-hybridized carbons (Fsp3) is 0.400. The maximum atomic E-state index is 12.6. The van der Waals surface area contributed by atoms with Crippen LogP contribution in [0.2, 0.25) is 0 Å². The van der Waals surface area contributed by atoms with Crippen LogP contribution in [-0.2, 0) is 6.42 Å². The van der Waals surface area contributed by atoms with Gasteiger partial charge >= 0.3 is 6.03 Å². The number of fused-ring (bicyclic) bond motifs is 1. The molecule has 2 N–H and O–H groups in total. The molecule has 7 nitrogen and oxygen atoms in total. The predicted octanol–water partition coefficient (Wildman–Crippen LogP) is 4.42. The summed E-state index contributed by atoms with van der Waals surface area (Å²) in [6.07, 6.45) is 2.11. The van der Waals surface area contributed by atoms with Gasteiger partial charge in [0.15, 0.2) is 0 Å². The van der Waals surface area contributed by atoms with Crippen molar-refractivity contribution in [3.05, 3.63) is 53.6 Å². The van der Waals surface area contributed by atoms with Gasteiger partial charge in [-0.15, -0.1) is 10.2 Å². The molecule has 0 unspecified atom stereocenters. The Bertz CT molecular complexity index is 1140. The molecular weight excluding hydrogens is 436 g/mol. The van der Waals surface area contributed by atoms with Crippen molar-refractivity contribution in [1.82, 2.24) is 20.4 Å². The highest BCUT2D eigenvalue weighted by Crippen LogP contribution is 2.40. The number of nitrogens with one attached hydrogen (secondary N) is 1. The largest absolute Gasteiger partial charge is 0.491 e. The van der Waals surface area contributed by atoms with Crippen LogP contribution in [0.15, 0.2) is 42.5 Å². The first kappa shape index (κ1) is 21.9. The number of β-amino-alcohol motifs (C(OH)–C–C–N with tert-alkyl or cyclic N) is 1. The molecule has 0 radical (unpaired) electrons. The van der Waals surface area contributed by atoms with Crippen LogP contribution in [0.1, 0.15) is 43.9 Å². The van der Waals surface area contributed by atoms with Crippen LogP contribution in [0, 0.1) is 0 Å². The monoisotopic (exact) mass is 464 g/mol. The zero-order chi connectivity index (χ0) is 22.9. The minimum atomic E-state index is -0.413. The molecule has 1 aliphatic carbocycles. The third-order valence-corrected chi connectivity index (χ3v) is 7.15. The van der Waals surface area contributed by atoms with E-state index in [0.29, 0.717) is 19.5 Å². The Morgan fingerprint density at radius 2 is 1.94 bits per heavy atom. The highest BCUT2D eigenvalue weighted by molar-refractivity contribution is 7.17. The van der Waals surface area contributed by atoms with E-state index in [0.717, 1.165) is 45.3 Å². The van der Waals surface area contributed by atoms with Gasteiger partial charge in [-0.05, 0) is 68.5 Å². The SMILES string of the molecule is CC(C)Oc1ccc(-c2nnc(-c3cccc4c3CC[C@@H]4NC(=O)N3CC[C@H](O)C3)s2)cc1. The highest BCUT2D eigenvalue weighted by atomic mass is 32.1. The number of amides is 2. The number of rotatable bonds is 5. The average molecular weight is 465 g/mol. The summed E-state index contributed by atoms with van der Waals surface area (Å²) in [6.45, 7) is 5.03. The first-order valence-electron chi connectivity index (χ1n) is 11.4. The van der Waals surface area contributed by atoms with E-state index in [9.17, 15) is 9.90 Å². The molecule has 8 heteroatoms. The summed E-state index contributed by atoms with van der Waals surface area (Å²) in [6, 6.07) is 14.0. The number of hydrogen-bond donors (Lipinski definition) is 2. The lowest BCUT2D eigenvalue weighted by atomic mass is 10.0. The fourth-order valence-corrected chi connectivity index (χ4v) is 5.47. The van der Waals surface area contributed by atoms with Gasteiger partial charge in [0.1, 0.15) is 15.8 Å². The third kappa shape index (κ3) is 4.58. The Labute approximate surface area is 197 Å². The number of nitrogens with zero attached hydrogens (tertiary/aromatic N) is 3. The molecule has 3 aromatic rings. The Balaban J connectivity index is 1.34. The molecule has 172 valence electrons. The van der Waals surface area contributed by atoms with E-state index in [4.69, 9.17) is 4.74 Å². The van der Waals surface area contributed by atoms with E-state index in [1.165, 1.54) is 5.56 Å². The van der Waals surface area contributed by atoms with Crippen LogP contribution < -0.4 is 10.1 Å². The van der Waals surface area contributed by atoms with Gasteiger partial charge in [-0.1, -0.05) is 29.5 Å². The summed E-state index contributed by atoms with van der Waals surface area (Å²) in [7, 11) is 0. The van der Waals surface area contributed by atoms with Gasteiger partial charge in [0.25, 0.3) is 0 Å². The van der Waals surface area contributed by atoms with Crippen LogP contribution in [0.4, 0.5) is 4.79 Å². The van der Waals surface area contributed by atoms with E-state index in [1.54, 1.807) is 16.2 Å². The molecule has 2 aliphatic rings. The number of ether oxygens (including phenoxy) is 1. The molecular formula is C25H28N4O3S. The minimum absolute atomic E-state index is 0.0221. The second kappa shape index (κ2) is 9.11. The summed E-state index contributed by atoms with van der Waals surface area (Å²) < 4.78 is 5.73. The maximum absolute atomic E-state index is 12.6. The number of carbonyl (C=O) groups is 1. The Kier molecular flexibility index (Phi) is 6.03. The van der Waals surface area contributed by atoms with E-state index >= 15 is 0 Å². The van der Waals surface area contributed by atoms with Gasteiger partial charge in [0, 0.05) is 24.2 Å². The highest BCUT2D eigenvalue weighted by Gasteiger charge is 2.30. The lowest BCUT2D eigenvalue weighted by Crippen LogP contribution is -2.40. The number of likely N-dealkylation sites (tertiary alicyclic amines) is 1. The molecule has 2 amide bonds. The molecule has 2 atom stereocenters. The summed E-state index contributed by atoms with van der Waals surface area (Å²) >= 11 is 1.57. The summed E-state index contributed by atoms with van der Waals surface area (Å²) in [5.74, 6) is 0.843.